The van der Waals surface area contributed by atoms with Gasteiger partial charge in [-0.15, -0.1) is 0 Å². The molecule has 0 bridgehead atoms. The van der Waals surface area contributed by atoms with Crippen LogP contribution in [0, 0.1) is 11.3 Å². The molecule has 2 aromatic heterocycles. The highest BCUT2D eigenvalue weighted by molar-refractivity contribution is 7.99. The monoisotopic (exact) mass is 481 g/mol. The number of fused-ring (bicyclic) bond motifs is 2. The van der Waals surface area contributed by atoms with E-state index in [-0.39, 0.29) is 11.3 Å². The van der Waals surface area contributed by atoms with Gasteiger partial charge in [0.15, 0.2) is 11.4 Å². The molecule has 2 aromatic carbocycles. The molecule has 172 valence electrons. The summed E-state index contributed by atoms with van der Waals surface area (Å²) in [6, 6.07) is 15.1. The van der Waals surface area contributed by atoms with Crippen LogP contribution in [-0.2, 0) is 11.3 Å². The summed E-state index contributed by atoms with van der Waals surface area (Å²) in [4.78, 5) is 26.4. The number of aliphatic hydroxyl groups excluding tert-OH is 1. The summed E-state index contributed by atoms with van der Waals surface area (Å²) >= 11 is 1.60. The standard InChI is InChI=1S/C25H19N7O2S/c1-15(33)19(11-26)24(34)30-18-5-3-17(4-6-18)21-13-32(14-29-21)12-16-2-7-22-20(10-16)31-23-25(35-22)28-9-8-27-23/h2-10,13-14,33H,12H2,1H3,(H,27,31)(H,30,34)/b19-15-. The highest BCUT2D eigenvalue weighted by atomic mass is 32.2. The van der Waals surface area contributed by atoms with E-state index in [0.29, 0.717) is 12.2 Å². The van der Waals surface area contributed by atoms with Gasteiger partial charge in [-0.05, 0) is 36.8 Å². The lowest BCUT2D eigenvalue weighted by molar-refractivity contribution is -0.112. The average molecular weight is 482 g/mol. The summed E-state index contributed by atoms with van der Waals surface area (Å²) in [6.07, 6.45) is 7.10. The molecule has 9 nitrogen and oxygen atoms in total. The predicted octanol–water partition coefficient (Wildman–Crippen LogP) is 4.89. The number of amides is 1. The van der Waals surface area contributed by atoms with Crippen molar-refractivity contribution in [2.75, 3.05) is 10.6 Å². The zero-order valence-electron chi connectivity index (χ0n) is 18.6. The minimum Gasteiger partial charge on any atom is -0.511 e. The number of hydrogen-bond acceptors (Lipinski definition) is 8. The Morgan fingerprint density at radius 2 is 1.97 bits per heavy atom. The van der Waals surface area contributed by atoms with Crippen LogP contribution in [0.15, 0.2) is 88.6 Å². The fraction of sp³-hybridized carbons (Fsp3) is 0.0800. The first-order valence-electron chi connectivity index (χ1n) is 10.6. The van der Waals surface area contributed by atoms with Gasteiger partial charge in [-0.2, -0.15) is 5.26 Å². The minimum absolute atomic E-state index is 0.319. The van der Waals surface area contributed by atoms with Gasteiger partial charge in [0, 0.05) is 41.3 Å². The molecule has 0 radical (unpaired) electrons. The van der Waals surface area contributed by atoms with Crippen LogP contribution in [0.3, 0.4) is 0 Å². The van der Waals surface area contributed by atoms with Crippen LogP contribution in [0.1, 0.15) is 12.5 Å². The van der Waals surface area contributed by atoms with E-state index in [2.05, 4.69) is 43.8 Å². The zero-order valence-corrected chi connectivity index (χ0v) is 19.4. The summed E-state index contributed by atoms with van der Waals surface area (Å²) in [5.74, 6) is -0.213. The van der Waals surface area contributed by atoms with Crippen LogP contribution in [0.4, 0.5) is 17.2 Å². The average Bonchev–Trinajstić information content (AvgIpc) is 3.32. The largest absolute Gasteiger partial charge is 0.511 e. The zero-order chi connectivity index (χ0) is 24.4. The van der Waals surface area contributed by atoms with Gasteiger partial charge in [0.25, 0.3) is 5.91 Å². The molecule has 0 saturated carbocycles. The fourth-order valence-electron chi connectivity index (χ4n) is 3.60. The van der Waals surface area contributed by atoms with Crippen molar-refractivity contribution in [3.05, 3.63) is 84.3 Å². The summed E-state index contributed by atoms with van der Waals surface area (Å²) in [7, 11) is 0. The molecule has 0 aliphatic carbocycles. The Hall–Kier alpha value is -4.62. The van der Waals surface area contributed by atoms with E-state index in [0.717, 1.165) is 38.2 Å². The lowest BCUT2D eigenvalue weighted by atomic mass is 10.1. The van der Waals surface area contributed by atoms with Gasteiger partial charge in [0.2, 0.25) is 0 Å². The van der Waals surface area contributed by atoms with Crippen molar-refractivity contribution in [1.82, 2.24) is 19.5 Å². The second-order valence-electron chi connectivity index (χ2n) is 7.80. The number of aliphatic hydroxyl groups is 1. The smallest absolute Gasteiger partial charge is 0.269 e. The van der Waals surface area contributed by atoms with Crippen LogP contribution in [0.5, 0.6) is 0 Å². The fourth-order valence-corrected chi connectivity index (χ4v) is 4.48. The van der Waals surface area contributed by atoms with Gasteiger partial charge in [0.05, 0.1) is 17.7 Å². The number of hydrogen-bond donors (Lipinski definition) is 3. The van der Waals surface area contributed by atoms with Gasteiger partial charge in [-0.25, -0.2) is 15.0 Å². The first-order chi connectivity index (χ1) is 17.0. The van der Waals surface area contributed by atoms with E-state index in [1.54, 1.807) is 48.7 Å². The van der Waals surface area contributed by atoms with E-state index in [9.17, 15) is 9.90 Å². The topological polar surface area (TPSA) is 129 Å². The third-order valence-corrected chi connectivity index (χ3v) is 6.37. The summed E-state index contributed by atoms with van der Waals surface area (Å²) in [6.45, 7) is 1.95. The lowest BCUT2D eigenvalue weighted by Crippen LogP contribution is -2.14. The molecular weight excluding hydrogens is 462 g/mol. The van der Waals surface area contributed by atoms with Crippen molar-refractivity contribution in [1.29, 1.82) is 5.26 Å². The third-order valence-electron chi connectivity index (χ3n) is 5.31. The number of carbonyl (C=O) groups excluding carboxylic acids is 1. The minimum atomic E-state index is -0.655. The molecule has 10 heteroatoms. The SMILES string of the molecule is C/C(O)=C(\C#N)C(=O)Nc1ccc(-c2cn(Cc3ccc4c(c3)Nc3nccnc3S4)cn2)cc1. The van der Waals surface area contributed by atoms with Crippen LogP contribution in [0.2, 0.25) is 0 Å². The van der Waals surface area contributed by atoms with Crippen LogP contribution >= 0.6 is 11.8 Å². The van der Waals surface area contributed by atoms with Crippen molar-refractivity contribution in [3.63, 3.8) is 0 Å². The molecule has 5 rings (SSSR count). The Labute approximate surface area is 205 Å². The number of benzene rings is 2. The second kappa shape index (κ2) is 9.32. The highest BCUT2D eigenvalue weighted by Crippen LogP contribution is 2.42. The van der Waals surface area contributed by atoms with Crippen molar-refractivity contribution < 1.29 is 9.90 Å². The van der Waals surface area contributed by atoms with Crippen LogP contribution < -0.4 is 10.6 Å². The molecule has 1 aliphatic heterocycles. The van der Waals surface area contributed by atoms with Gasteiger partial charge in [-0.1, -0.05) is 30.0 Å². The normalized spacial score (nSPS) is 12.5. The van der Waals surface area contributed by atoms with Crippen molar-refractivity contribution in [2.45, 2.75) is 23.4 Å². The third kappa shape index (κ3) is 4.71. The molecular formula is C25H19N7O2S. The van der Waals surface area contributed by atoms with E-state index in [1.807, 2.05) is 22.9 Å². The van der Waals surface area contributed by atoms with Crippen molar-refractivity contribution in [3.8, 4) is 17.3 Å². The van der Waals surface area contributed by atoms with Crippen LogP contribution in [0.25, 0.3) is 11.3 Å². The Kier molecular flexibility index (Phi) is 5.91. The Balaban J connectivity index is 1.27. The Morgan fingerprint density at radius 3 is 2.74 bits per heavy atom. The number of imidazole rings is 1. The second-order valence-corrected chi connectivity index (χ2v) is 8.83. The van der Waals surface area contributed by atoms with Crippen molar-refractivity contribution >= 4 is 34.9 Å². The van der Waals surface area contributed by atoms with E-state index < -0.39 is 5.91 Å². The Morgan fingerprint density at radius 1 is 1.17 bits per heavy atom. The van der Waals surface area contributed by atoms with Crippen LogP contribution in [-0.4, -0.2) is 30.5 Å². The number of anilines is 3. The quantitative estimate of drug-likeness (QED) is 0.184. The molecule has 35 heavy (non-hydrogen) atoms. The molecule has 0 atom stereocenters. The molecule has 4 aromatic rings. The maximum atomic E-state index is 12.1. The highest BCUT2D eigenvalue weighted by Gasteiger charge is 2.18. The van der Waals surface area contributed by atoms with Gasteiger partial charge >= 0.3 is 0 Å². The molecule has 3 N–H and O–H groups in total. The number of aromatic nitrogens is 4. The first kappa shape index (κ1) is 22.2. The summed E-state index contributed by atoms with van der Waals surface area (Å²) < 4.78 is 2.00. The predicted molar refractivity (Wildman–Crippen MR) is 132 cm³/mol. The summed E-state index contributed by atoms with van der Waals surface area (Å²) in [5.41, 5.74) is 3.99. The van der Waals surface area contributed by atoms with Crippen molar-refractivity contribution in [2.24, 2.45) is 0 Å². The number of rotatable bonds is 5. The van der Waals surface area contributed by atoms with Gasteiger partial charge in [-0.3, -0.25) is 4.79 Å². The van der Waals surface area contributed by atoms with E-state index >= 15 is 0 Å². The number of nitrogens with zero attached hydrogens (tertiary/aromatic N) is 5. The Bertz CT molecular complexity index is 1500. The maximum absolute atomic E-state index is 12.1. The van der Waals surface area contributed by atoms with Gasteiger partial charge in [0.1, 0.15) is 16.9 Å². The van der Waals surface area contributed by atoms with Gasteiger partial charge < -0.3 is 20.3 Å². The maximum Gasteiger partial charge on any atom is 0.269 e. The molecule has 0 spiro atoms. The van der Waals surface area contributed by atoms with E-state index in [1.165, 1.54) is 6.92 Å². The summed E-state index contributed by atoms with van der Waals surface area (Å²) in [5, 5.41) is 25.2. The molecule has 1 aliphatic rings. The molecule has 0 saturated heterocycles. The molecule has 0 unspecified atom stereocenters. The first-order valence-corrected chi connectivity index (χ1v) is 11.4. The molecule has 1 amide bonds. The molecule has 3 heterocycles. The molecule has 0 fully saturated rings. The van der Waals surface area contributed by atoms with E-state index in [4.69, 9.17) is 5.26 Å². The number of nitriles is 1. The number of carbonyl (C=O) groups is 1. The number of allylic oxidation sites excluding steroid dienone is 1. The number of nitrogens with one attached hydrogen (secondary N) is 2. The lowest BCUT2D eigenvalue weighted by Gasteiger charge is -2.19.